The summed E-state index contributed by atoms with van der Waals surface area (Å²) in [6.45, 7) is 6.10. The first-order chi connectivity index (χ1) is 12.4. The van der Waals surface area contributed by atoms with Crippen molar-refractivity contribution in [1.29, 1.82) is 0 Å². The Bertz CT molecular complexity index is 459. The molecule has 7 nitrogen and oxygen atoms in total. The van der Waals surface area contributed by atoms with Crippen molar-refractivity contribution in [3.8, 4) is 0 Å². The van der Waals surface area contributed by atoms with Gasteiger partial charge in [0.2, 0.25) is 0 Å². The van der Waals surface area contributed by atoms with E-state index >= 15 is 0 Å². The van der Waals surface area contributed by atoms with Crippen LogP contribution in [0, 0.1) is 5.92 Å². The second kappa shape index (κ2) is 12.7. The van der Waals surface area contributed by atoms with E-state index in [2.05, 4.69) is 15.6 Å². The SMILES string of the molecule is COCCNC(=NCCCOCC1CCOC1)NCCc1ccco1. The van der Waals surface area contributed by atoms with Crippen LogP contribution in [0.1, 0.15) is 18.6 Å². The van der Waals surface area contributed by atoms with Crippen molar-refractivity contribution >= 4 is 5.96 Å². The number of nitrogens with one attached hydrogen (secondary N) is 2. The second-order valence-electron chi connectivity index (χ2n) is 6.06. The zero-order chi connectivity index (χ0) is 17.6. The highest BCUT2D eigenvalue weighted by atomic mass is 16.5. The molecule has 1 fully saturated rings. The first-order valence-electron chi connectivity index (χ1n) is 9.07. The third kappa shape index (κ3) is 8.90. The number of hydrogen-bond donors (Lipinski definition) is 2. The van der Waals surface area contributed by atoms with Crippen LogP contribution >= 0.6 is 0 Å². The van der Waals surface area contributed by atoms with Gasteiger partial charge in [-0.1, -0.05) is 0 Å². The van der Waals surface area contributed by atoms with Gasteiger partial charge in [0.1, 0.15) is 5.76 Å². The Morgan fingerprint density at radius 2 is 2.24 bits per heavy atom. The molecule has 0 amide bonds. The lowest BCUT2D eigenvalue weighted by atomic mass is 10.1. The monoisotopic (exact) mass is 353 g/mol. The summed E-state index contributed by atoms with van der Waals surface area (Å²) in [4.78, 5) is 4.59. The minimum atomic E-state index is 0.568. The van der Waals surface area contributed by atoms with Gasteiger partial charge in [-0.25, -0.2) is 0 Å². The van der Waals surface area contributed by atoms with Crippen LogP contribution in [-0.4, -0.2) is 65.7 Å². The van der Waals surface area contributed by atoms with Crippen LogP contribution < -0.4 is 10.6 Å². The average Bonchev–Trinajstić information content (AvgIpc) is 3.31. The Kier molecular flexibility index (Phi) is 10.1. The Morgan fingerprint density at radius 1 is 1.32 bits per heavy atom. The fraction of sp³-hybridized carbons (Fsp3) is 0.722. The van der Waals surface area contributed by atoms with E-state index in [1.54, 1.807) is 13.4 Å². The van der Waals surface area contributed by atoms with Crippen molar-refractivity contribution < 1.29 is 18.6 Å². The maximum Gasteiger partial charge on any atom is 0.191 e. The summed E-state index contributed by atoms with van der Waals surface area (Å²) < 4.78 is 21.5. The zero-order valence-corrected chi connectivity index (χ0v) is 15.2. The molecule has 25 heavy (non-hydrogen) atoms. The van der Waals surface area contributed by atoms with Crippen molar-refractivity contribution in [2.45, 2.75) is 19.3 Å². The van der Waals surface area contributed by atoms with Crippen LogP contribution in [0.2, 0.25) is 0 Å². The molecule has 142 valence electrons. The van der Waals surface area contributed by atoms with Gasteiger partial charge in [-0.2, -0.15) is 0 Å². The second-order valence-corrected chi connectivity index (χ2v) is 6.06. The number of guanidine groups is 1. The smallest absolute Gasteiger partial charge is 0.191 e. The average molecular weight is 353 g/mol. The number of aliphatic imine (C=N–C) groups is 1. The molecule has 0 aromatic carbocycles. The molecule has 2 rings (SSSR count). The molecule has 2 N–H and O–H groups in total. The number of furan rings is 1. The van der Waals surface area contributed by atoms with E-state index < -0.39 is 0 Å². The van der Waals surface area contributed by atoms with Crippen molar-refractivity contribution in [2.24, 2.45) is 10.9 Å². The van der Waals surface area contributed by atoms with Crippen LogP contribution in [0.5, 0.6) is 0 Å². The predicted molar refractivity (Wildman–Crippen MR) is 97.0 cm³/mol. The third-order valence-electron chi connectivity index (χ3n) is 3.94. The molecule has 1 aromatic rings. The van der Waals surface area contributed by atoms with E-state index in [9.17, 15) is 0 Å². The molecule has 0 saturated carbocycles. The predicted octanol–water partition coefficient (Wildman–Crippen LogP) is 1.45. The summed E-state index contributed by atoms with van der Waals surface area (Å²) in [6, 6.07) is 3.88. The first-order valence-corrected chi connectivity index (χ1v) is 9.07. The molecule has 0 bridgehead atoms. The summed E-state index contributed by atoms with van der Waals surface area (Å²) >= 11 is 0. The van der Waals surface area contributed by atoms with Gasteiger partial charge in [0.25, 0.3) is 0 Å². The largest absolute Gasteiger partial charge is 0.469 e. The summed E-state index contributed by atoms with van der Waals surface area (Å²) in [6.07, 6.45) is 4.54. The lowest BCUT2D eigenvalue weighted by Crippen LogP contribution is -2.40. The molecule has 1 unspecified atom stereocenters. The van der Waals surface area contributed by atoms with E-state index in [1.165, 1.54) is 0 Å². The number of rotatable bonds is 12. The molecule has 1 atom stereocenters. The quantitative estimate of drug-likeness (QED) is 0.336. The van der Waals surface area contributed by atoms with E-state index in [1.807, 2.05) is 12.1 Å². The summed E-state index contributed by atoms with van der Waals surface area (Å²) in [7, 11) is 1.69. The van der Waals surface area contributed by atoms with E-state index in [4.69, 9.17) is 18.6 Å². The number of nitrogens with zero attached hydrogens (tertiary/aromatic N) is 1. The van der Waals surface area contributed by atoms with Crippen molar-refractivity contribution in [3.05, 3.63) is 24.2 Å². The topological polar surface area (TPSA) is 77.2 Å². The lowest BCUT2D eigenvalue weighted by Gasteiger charge is -2.12. The highest BCUT2D eigenvalue weighted by molar-refractivity contribution is 5.79. The van der Waals surface area contributed by atoms with Crippen LogP contribution in [-0.2, 0) is 20.6 Å². The molecular formula is C18H31N3O4. The molecule has 2 heterocycles. The van der Waals surface area contributed by atoms with Gasteiger partial charge in [-0.05, 0) is 25.0 Å². The van der Waals surface area contributed by atoms with E-state index in [0.717, 1.165) is 77.0 Å². The maximum atomic E-state index is 5.71. The fourth-order valence-corrected chi connectivity index (χ4v) is 2.53. The van der Waals surface area contributed by atoms with Gasteiger partial charge in [0.05, 0.1) is 26.1 Å². The highest BCUT2D eigenvalue weighted by Crippen LogP contribution is 2.12. The molecule has 1 aromatic heterocycles. The van der Waals surface area contributed by atoms with Crippen molar-refractivity contribution in [2.75, 3.05) is 59.8 Å². The summed E-state index contributed by atoms with van der Waals surface area (Å²) in [5.41, 5.74) is 0. The standard InChI is InChI=1S/C18H31N3O4/c1-22-13-9-21-18(20-8-5-17-4-2-11-25-17)19-7-3-10-23-14-16-6-12-24-15-16/h2,4,11,16H,3,5-10,12-15H2,1H3,(H2,19,20,21). The Morgan fingerprint density at radius 3 is 3.00 bits per heavy atom. The van der Waals surface area contributed by atoms with Gasteiger partial charge in [-0.3, -0.25) is 4.99 Å². The normalized spacial score (nSPS) is 17.8. The minimum absolute atomic E-state index is 0.568. The van der Waals surface area contributed by atoms with Crippen LogP contribution in [0.15, 0.2) is 27.8 Å². The Hall–Kier alpha value is -1.57. The molecule has 0 aliphatic carbocycles. The number of methoxy groups -OCH3 is 1. The third-order valence-corrected chi connectivity index (χ3v) is 3.94. The first kappa shape index (κ1) is 19.8. The fourth-order valence-electron chi connectivity index (χ4n) is 2.53. The van der Waals surface area contributed by atoms with Gasteiger partial charge < -0.3 is 29.3 Å². The van der Waals surface area contributed by atoms with Crippen LogP contribution in [0.25, 0.3) is 0 Å². The Labute approximate surface area is 150 Å². The van der Waals surface area contributed by atoms with Crippen LogP contribution in [0.4, 0.5) is 0 Å². The summed E-state index contributed by atoms with van der Waals surface area (Å²) in [5, 5.41) is 6.58. The zero-order valence-electron chi connectivity index (χ0n) is 15.2. The summed E-state index contributed by atoms with van der Waals surface area (Å²) in [5.74, 6) is 2.33. The minimum Gasteiger partial charge on any atom is -0.469 e. The van der Waals surface area contributed by atoms with Gasteiger partial charge in [0.15, 0.2) is 5.96 Å². The highest BCUT2D eigenvalue weighted by Gasteiger charge is 2.15. The van der Waals surface area contributed by atoms with Gasteiger partial charge in [-0.15, -0.1) is 0 Å². The molecule has 1 aliphatic rings. The van der Waals surface area contributed by atoms with Gasteiger partial charge >= 0.3 is 0 Å². The van der Waals surface area contributed by atoms with Crippen molar-refractivity contribution in [3.63, 3.8) is 0 Å². The molecule has 7 heteroatoms. The van der Waals surface area contributed by atoms with E-state index in [0.29, 0.717) is 12.5 Å². The molecule has 1 aliphatic heterocycles. The number of ether oxygens (including phenoxy) is 3. The van der Waals surface area contributed by atoms with Crippen LogP contribution in [0.3, 0.4) is 0 Å². The van der Waals surface area contributed by atoms with E-state index in [-0.39, 0.29) is 0 Å². The number of hydrogen-bond acceptors (Lipinski definition) is 5. The molecule has 1 saturated heterocycles. The van der Waals surface area contributed by atoms with Gasteiger partial charge in [0, 0.05) is 52.3 Å². The Balaban J connectivity index is 1.59. The van der Waals surface area contributed by atoms with Crippen molar-refractivity contribution in [1.82, 2.24) is 10.6 Å². The maximum absolute atomic E-state index is 5.71. The lowest BCUT2D eigenvalue weighted by molar-refractivity contribution is 0.0893. The molecular weight excluding hydrogens is 322 g/mol. The molecule has 0 spiro atoms. The molecule has 0 radical (unpaired) electrons.